The summed E-state index contributed by atoms with van der Waals surface area (Å²) in [6.45, 7) is 0. The molecule has 92 valence electrons. The Labute approximate surface area is 102 Å². The molecule has 1 N–H and O–H groups in total. The van der Waals surface area contributed by atoms with Gasteiger partial charge in [0.1, 0.15) is 5.75 Å². The van der Waals surface area contributed by atoms with Gasteiger partial charge in [0.2, 0.25) is 0 Å². The third-order valence-corrected chi connectivity index (χ3v) is 2.44. The van der Waals surface area contributed by atoms with E-state index in [0.29, 0.717) is 0 Å². The van der Waals surface area contributed by atoms with Gasteiger partial charge < -0.3 is 5.11 Å². The summed E-state index contributed by atoms with van der Waals surface area (Å²) in [4.78, 5) is 15.8. The predicted octanol–water partition coefficient (Wildman–Crippen LogP) is 2.96. The Kier molecular flexibility index (Phi) is 3.32. The number of aromatic hydroxyl groups is 1. The van der Waals surface area contributed by atoms with Crippen LogP contribution in [0.1, 0.15) is 27.9 Å². The van der Waals surface area contributed by atoms with Crippen LogP contribution in [0, 0.1) is 0 Å². The van der Waals surface area contributed by atoms with E-state index in [4.69, 9.17) is 0 Å². The molecule has 0 saturated carbocycles. The number of rotatable bonds is 3. The Morgan fingerprint density at radius 1 is 1.28 bits per heavy atom. The molecule has 0 saturated heterocycles. The molecular weight excluding hydrogens is 240 g/mol. The first-order valence-electron chi connectivity index (χ1n) is 5.15. The number of hydrogen-bond acceptors (Lipinski definition) is 3. The van der Waals surface area contributed by atoms with Crippen LogP contribution in [-0.2, 0) is 0 Å². The van der Waals surface area contributed by atoms with Crippen LogP contribution in [0.15, 0.2) is 42.7 Å². The van der Waals surface area contributed by atoms with Crippen LogP contribution < -0.4 is 0 Å². The Bertz CT molecular complexity index is 570. The summed E-state index contributed by atoms with van der Waals surface area (Å²) in [6, 6.07) is 6.34. The third-order valence-electron chi connectivity index (χ3n) is 2.44. The Balaban J connectivity index is 2.48. The van der Waals surface area contributed by atoms with Crippen LogP contribution in [0.25, 0.3) is 0 Å². The zero-order valence-electron chi connectivity index (χ0n) is 9.18. The minimum atomic E-state index is -2.83. The molecule has 1 heterocycles. The van der Waals surface area contributed by atoms with Gasteiger partial charge >= 0.3 is 0 Å². The van der Waals surface area contributed by atoms with Crippen LogP contribution in [-0.4, -0.2) is 15.9 Å². The van der Waals surface area contributed by atoms with Gasteiger partial charge in [-0.3, -0.25) is 9.78 Å². The summed E-state index contributed by atoms with van der Waals surface area (Å²) >= 11 is 0. The third kappa shape index (κ3) is 2.34. The summed E-state index contributed by atoms with van der Waals surface area (Å²) in [5, 5.41) is 9.18. The monoisotopic (exact) mass is 249 g/mol. The summed E-state index contributed by atoms with van der Waals surface area (Å²) < 4.78 is 25.6. The first kappa shape index (κ1) is 12.2. The van der Waals surface area contributed by atoms with Crippen molar-refractivity contribution >= 4 is 5.78 Å². The molecule has 1 aromatic carbocycles. The highest BCUT2D eigenvalue weighted by molar-refractivity contribution is 6.09. The van der Waals surface area contributed by atoms with E-state index in [1.165, 1.54) is 30.6 Å². The predicted molar refractivity (Wildman–Crippen MR) is 60.7 cm³/mol. The molecule has 0 bridgehead atoms. The van der Waals surface area contributed by atoms with E-state index in [9.17, 15) is 18.7 Å². The standard InChI is InChI=1S/C13H9F2NO2/c14-13(15)11-6-9(17)3-4-10(11)12(18)8-2-1-5-16-7-8/h1-7,13,17H. The molecule has 0 spiro atoms. The van der Waals surface area contributed by atoms with Crippen molar-refractivity contribution in [2.24, 2.45) is 0 Å². The molecule has 3 nitrogen and oxygen atoms in total. The molecule has 0 radical (unpaired) electrons. The van der Waals surface area contributed by atoms with Gasteiger partial charge in [0.15, 0.2) is 5.78 Å². The lowest BCUT2D eigenvalue weighted by Gasteiger charge is -2.08. The number of phenolic OH excluding ortho intramolecular Hbond substituents is 1. The molecule has 0 fully saturated rings. The Morgan fingerprint density at radius 2 is 2.06 bits per heavy atom. The minimum absolute atomic E-state index is 0.129. The molecule has 18 heavy (non-hydrogen) atoms. The van der Waals surface area contributed by atoms with Crippen LogP contribution >= 0.6 is 0 Å². The fourth-order valence-electron chi connectivity index (χ4n) is 1.59. The number of carbonyl (C=O) groups excluding carboxylic acids is 1. The average molecular weight is 249 g/mol. The van der Waals surface area contributed by atoms with Gasteiger partial charge in [-0.15, -0.1) is 0 Å². The fourth-order valence-corrected chi connectivity index (χ4v) is 1.59. The number of halogens is 2. The van der Waals surface area contributed by atoms with Crippen molar-refractivity contribution in [2.45, 2.75) is 6.43 Å². The van der Waals surface area contributed by atoms with Gasteiger partial charge in [0, 0.05) is 29.1 Å². The first-order chi connectivity index (χ1) is 8.59. The van der Waals surface area contributed by atoms with Crippen LogP contribution in [0.3, 0.4) is 0 Å². The second-order valence-corrected chi connectivity index (χ2v) is 3.64. The van der Waals surface area contributed by atoms with Gasteiger partial charge in [-0.1, -0.05) is 0 Å². The van der Waals surface area contributed by atoms with Crippen LogP contribution in [0.2, 0.25) is 0 Å². The van der Waals surface area contributed by atoms with E-state index >= 15 is 0 Å². The highest BCUT2D eigenvalue weighted by Crippen LogP contribution is 2.28. The Morgan fingerprint density at radius 3 is 2.67 bits per heavy atom. The molecule has 0 aliphatic carbocycles. The summed E-state index contributed by atoms with van der Waals surface area (Å²) in [7, 11) is 0. The van der Waals surface area contributed by atoms with Crippen LogP contribution in [0.4, 0.5) is 8.78 Å². The number of pyridine rings is 1. The maximum absolute atomic E-state index is 12.8. The Hall–Kier alpha value is -2.30. The maximum Gasteiger partial charge on any atom is 0.264 e. The maximum atomic E-state index is 12.8. The fraction of sp³-hybridized carbons (Fsp3) is 0.0769. The lowest BCUT2D eigenvalue weighted by Crippen LogP contribution is -2.06. The second-order valence-electron chi connectivity index (χ2n) is 3.64. The van der Waals surface area contributed by atoms with E-state index < -0.39 is 17.8 Å². The number of alkyl halides is 2. The van der Waals surface area contributed by atoms with Crippen molar-refractivity contribution in [1.29, 1.82) is 0 Å². The van der Waals surface area contributed by atoms with E-state index in [0.717, 1.165) is 6.07 Å². The van der Waals surface area contributed by atoms with Gasteiger partial charge in [-0.25, -0.2) is 8.78 Å². The van der Waals surface area contributed by atoms with Crippen LogP contribution in [0.5, 0.6) is 5.75 Å². The number of hydrogen-bond donors (Lipinski definition) is 1. The smallest absolute Gasteiger partial charge is 0.264 e. The summed E-state index contributed by atoms with van der Waals surface area (Å²) in [6.07, 6.45) is -0.0285. The van der Waals surface area contributed by atoms with E-state index in [1.807, 2.05) is 0 Å². The molecule has 5 heteroatoms. The van der Waals surface area contributed by atoms with Gasteiger partial charge in [0.05, 0.1) is 0 Å². The van der Waals surface area contributed by atoms with Crippen molar-refractivity contribution < 1.29 is 18.7 Å². The van der Waals surface area contributed by atoms with Crippen molar-refractivity contribution in [3.8, 4) is 5.75 Å². The highest BCUT2D eigenvalue weighted by atomic mass is 19.3. The van der Waals surface area contributed by atoms with Crippen molar-refractivity contribution in [1.82, 2.24) is 4.98 Å². The number of benzene rings is 1. The van der Waals surface area contributed by atoms with E-state index in [2.05, 4.69) is 4.98 Å². The number of nitrogens with zero attached hydrogens (tertiary/aromatic N) is 1. The van der Waals surface area contributed by atoms with E-state index in [-0.39, 0.29) is 16.9 Å². The molecule has 0 aliphatic rings. The van der Waals surface area contributed by atoms with Crippen molar-refractivity contribution in [2.75, 3.05) is 0 Å². The largest absolute Gasteiger partial charge is 0.508 e. The normalized spacial score (nSPS) is 10.6. The molecule has 1 aromatic heterocycles. The lowest BCUT2D eigenvalue weighted by molar-refractivity contribution is 0.102. The zero-order chi connectivity index (χ0) is 13.1. The highest BCUT2D eigenvalue weighted by Gasteiger charge is 2.20. The topological polar surface area (TPSA) is 50.2 Å². The molecule has 2 aromatic rings. The number of aromatic nitrogens is 1. The van der Waals surface area contributed by atoms with Gasteiger partial charge in [-0.05, 0) is 30.3 Å². The quantitative estimate of drug-likeness (QED) is 0.851. The number of carbonyl (C=O) groups is 1. The van der Waals surface area contributed by atoms with E-state index in [1.54, 1.807) is 6.07 Å². The minimum Gasteiger partial charge on any atom is -0.508 e. The van der Waals surface area contributed by atoms with Gasteiger partial charge in [0.25, 0.3) is 6.43 Å². The number of ketones is 1. The summed E-state index contributed by atoms with van der Waals surface area (Å²) in [5.41, 5.74) is -0.384. The lowest BCUT2D eigenvalue weighted by atomic mass is 9.99. The second kappa shape index (κ2) is 4.91. The molecule has 0 unspecified atom stereocenters. The van der Waals surface area contributed by atoms with Crippen molar-refractivity contribution in [3.05, 3.63) is 59.4 Å². The molecular formula is C13H9F2NO2. The molecule has 2 rings (SSSR count). The first-order valence-corrected chi connectivity index (χ1v) is 5.15. The average Bonchev–Trinajstić information content (AvgIpc) is 2.39. The zero-order valence-corrected chi connectivity index (χ0v) is 9.18. The molecule has 0 aliphatic heterocycles. The molecule has 0 atom stereocenters. The van der Waals surface area contributed by atoms with Gasteiger partial charge in [-0.2, -0.15) is 0 Å². The number of phenols is 1. The SMILES string of the molecule is O=C(c1cccnc1)c1ccc(O)cc1C(F)F. The van der Waals surface area contributed by atoms with Crippen molar-refractivity contribution in [3.63, 3.8) is 0 Å². The summed E-state index contributed by atoms with van der Waals surface area (Å²) in [5.74, 6) is -0.841. The molecule has 0 amide bonds.